The van der Waals surface area contributed by atoms with Gasteiger partial charge in [0, 0.05) is 41.4 Å². The molecule has 0 unspecified atom stereocenters. The van der Waals surface area contributed by atoms with Crippen LogP contribution < -0.4 is 5.32 Å². The summed E-state index contributed by atoms with van der Waals surface area (Å²) in [4.78, 5) is 13.9. The maximum Gasteiger partial charge on any atom is 0.138 e. The quantitative estimate of drug-likeness (QED) is 0.500. The molecule has 0 saturated heterocycles. The van der Waals surface area contributed by atoms with E-state index in [0.717, 1.165) is 51.7 Å². The molecule has 3 heterocycles. The molecular formula is C18H16ClN5S. The number of aromatic nitrogens is 4. The molecule has 3 aromatic heterocycles. The zero-order chi connectivity index (χ0) is 17.1. The number of hydrogen-bond acceptors (Lipinski definition) is 5. The minimum atomic E-state index is 0.734. The minimum Gasteiger partial charge on any atom is -0.369 e. The van der Waals surface area contributed by atoms with E-state index in [2.05, 4.69) is 30.2 Å². The lowest BCUT2D eigenvalue weighted by molar-refractivity contribution is 0.660. The van der Waals surface area contributed by atoms with Crippen molar-refractivity contribution in [3.05, 3.63) is 59.7 Å². The third kappa shape index (κ3) is 3.50. The average Bonchev–Trinajstić information content (AvgIpc) is 3.29. The normalized spacial score (nSPS) is 11.1. The molecule has 1 aromatic carbocycles. The number of fused-ring (bicyclic) bond motifs is 1. The lowest BCUT2D eigenvalue weighted by Crippen LogP contribution is -2.07. The van der Waals surface area contributed by atoms with Crippen molar-refractivity contribution in [2.45, 2.75) is 13.0 Å². The standard InChI is InChI=1S/C18H16ClN5S/c19-14-4-2-13(3-5-14)15-10-25-18-16(15)17(22-11-23-18)21-6-1-8-24-9-7-20-12-24/h2-5,7,9-12H,1,6,8H2,(H,21,22,23). The molecule has 0 saturated carbocycles. The minimum absolute atomic E-state index is 0.734. The number of nitrogens with one attached hydrogen (secondary N) is 1. The van der Waals surface area contributed by atoms with Crippen LogP contribution in [0.5, 0.6) is 0 Å². The number of nitrogens with zero attached hydrogens (tertiary/aromatic N) is 4. The lowest BCUT2D eigenvalue weighted by atomic mass is 10.1. The van der Waals surface area contributed by atoms with Crippen LogP contribution in [0.4, 0.5) is 5.82 Å². The van der Waals surface area contributed by atoms with E-state index in [1.165, 1.54) is 0 Å². The molecular weight excluding hydrogens is 354 g/mol. The molecule has 0 atom stereocenters. The van der Waals surface area contributed by atoms with E-state index in [0.29, 0.717) is 0 Å². The number of aryl methyl sites for hydroxylation is 1. The van der Waals surface area contributed by atoms with Crippen LogP contribution in [0, 0.1) is 0 Å². The number of anilines is 1. The van der Waals surface area contributed by atoms with Gasteiger partial charge in [-0.05, 0) is 24.1 Å². The van der Waals surface area contributed by atoms with Crippen molar-refractivity contribution in [1.29, 1.82) is 0 Å². The van der Waals surface area contributed by atoms with Crippen LogP contribution in [-0.2, 0) is 6.54 Å². The number of hydrogen-bond donors (Lipinski definition) is 1. The molecule has 0 radical (unpaired) electrons. The van der Waals surface area contributed by atoms with Crippen LogP contribution >= 0.6 is 22.9 Å². The molecule has 0 spiro atoms. The molecule has 4 aromatic rings. The highest BCUT2D eigenvalue weighted by molar-refractivity contribution is 7.17. The fraction of sp³-hybridized carbons (Fsp3) is 0.167. The van der Waals surface area contributed by atoms with Crippen LogP contribution in [0.25, 0.3) is 21.3 Å². The Labute approximate surface area is 154 Å². The SMILES string of the molecule is Clc1ccc(-c2csc3ncnc(NCCCn4ccnc4)c23)cc1. The predicted octanol–water partition coefficient (Wildman–Crippen LogP) is 4.71. The molecule has 4 rings (SSSR count). The summed E-state index contributed by atoms with van der Waals surface area (Å²) in [6.07, 6.45) is 8.21. The molecule has 126 valence electrons. The third-order valence-electron chi connectivity index (χ3n) is 3.97. The molecule has 7 heteroatoms. The predicted molar refractivity (Wildman–Crippen MR) is 103 cm³/mol. The van der Waals surface area contributed by atoms with Gasteiger partial charge in [0.2, 0.25) is 0 Å². The van der Waals surface area contributed by atoms with Crippen LogP contribution in [0.1, 0.15) is 6.42 Å². The first kappa shape index (κ1) is 16.1. The largest absolute Gasteiger partial charge is 0.369 e. The molecule has 0 aliphatic heterocycles. The molecule has 0 aliphatic carbocycles. The summed E-state index contributed by atoms with van der Waals surface area (Å²) < 4.78 is 2.07. The van der Waals surface area contributed by atoms with Gasteiger partial charge in [0.15, 0.2) is 0 Å². The van der Waals surface area contributed by atoms with Crippen molar-refractivity contribution >= 4 is 39.0 Å². The smallest absolute Gasteiger partial charge is 0.138 e. The maximum atomic E-state index is 6.01. The number of thiophene rings is 1. The Kier molecular flexibility index (Phi) is 4.63. The van der Waals surface area contributed by atoms with E-state index in [-0.39, 0.29) is 0 Å². The van der Waals surface area contributed by atoms with Crippen LogP contribution in [0.3, 0.4) is 0 Å². The van der Waals surface area contributed by atoms with Crippen molar-refractivity contribution in [2.24, 2.45) is 0 Å². The van der Waals surface area contributed by atoms with Gasteiger partial charge >= 0.3 is 0 Å². The van der Waals surface area contributed by atoms with Crippen LogP contribution in [0.2, 0.25) is 5.02 Å². The van der Waals surface area contributed by atoms with E-state index < -0.39 is 0 Å². The third-order valence-corrected chi connectivity index (χ3v) is 5.11. The zero-order valence-corrected chi connectivity index (χ0v) is 15.0. The Morgan fingerprint density at radius 2 is 2.04 bits per heavy atom. The fourth-order valence-corrected chi connectivity index (χ4v) is 3.78. The number of imidazole rings is 1. The summed E-state index contributed by atoms with van der Waals surface area (Å²) in [6, 6.07) is 7.87. The molecule has 0 amide bonds. The van der Waals surface area contributed by atoms with E-state index in [9.17, 15) is 0 Å². The summed E-state index contributed by atoms with van der Waals surface area (Å²) in [6.45, 7) is 1.76. The number of benzene rings is 1. The van der Waals surface area contributed by atoms with Gasteiger partial charge in [0.25, 0.3) is 0 Å². The first-order chi connectivity index (χ1) is 12.3. The second-order valence-electron chi connectivity index (χ2n) is 5.64. The highest BCUT2D eigenvalue weighted by Gasteiger charge is 2.12. The molecule has 5 nitrogen and oxygen atoms in total. The Balaban J connectivity index is 1.56. The van der Waals surface area contributed by atoms with Gasteiger partial charge in [-0.2, -0.15) is 0 Å². The second kappa shape index (κ2) is 7.21. The van der Waals surface area contributed by atoms with Crippen molar-refractivity contribution in [1.82, 2.24) is 19.5 Å². The van der Waals surface area contributed by atoms with Gasteiger partial charge < -0.3 is 9.88 Å². The van der Waals surface area contributed by atoms with Gasteiger partial charge in [0.1, 0.15) is 17.0 Å². The molecule has 0 aliphatic rings. The molecule has 1 N–H and O–H groups in total. The number of rotatable bonds is 6. The Hall–Kier alpha value is -2.44. The van der Waals surface area contributed by atoms with Crippen molar-refractivity contribution in [3.63, 3.8) is 0 Å². The lowest BCUT2D eigenvalue weighted by Gasteiger charge is -2.09. The van der Waals surface area contributed by atoms with Gasteiger partial charge in [-0.15, -0.1) is 11.3 Å². The van der Waals surface area contributed by atoms with Gasteiger partial charge in [0.05, 0.1) is 11.7 Å². The summed E-state index contributed by atoms with van der Waals surface area (Å²) >= 11 is 7.64. The van der Waals surface area contributed by atoms with E-state index in [1.54, 1.807) is 23.9 Å². The first-order valence-corrected chi connectivity index (χ1v) is 9.25. The summed E-state index contributed by atoms with van der Waals surface area (Å²) in [7, 11) is 0. The van der Waals surface area contributed by atoms with E-state index in [4.69, 9.17) is 11.6 Å². The van der Waals surface area contributed by atoms with Gasteiger partial charge in [-0.3, -0.25) is 0 Å². The van der Waals surface area contributed by atoms with E-state index in [1.807, 2.05) is 36.8 Å². The maximum absolute atomic E-state index is 6.01. The van der Waals surface area contributed by atoms with Gasteiger partial charge in [-0.25, -0.2) is 15.0 Å². The summed E-state index contributed by atoms with van der Waals surface area (Å²) in [5, 5.41) is 7.38. The second-order valence-corrected chi connectivity index (χ2v) is 6.93. The fourth-order valence-electron chi connectivity index (χ4n) is 2.74. The van der Waals surface area contributed by atoms with Crippen molar-refractivity contribution in [3.8, 4) is 11.1 Å². The average molecular weight is 370 g/mol. The highest BCUT2D eigenvalue weighted by Crippen LogP contribution is 2.36. The Morgan fingerprint density at radius 1 is 1.16 bits per heavy atom. The topological polar surface area (TPSA) is 55.6 Å². The van der Waals surface area contributed by atoms with E-state index >= 15 is 0 Å². The molecule has 25 heavy (non-hydrogen) atoms. The van der Waals surface area contributed by atoms with Gasteiger partial charge in [-0.1, -0.05) is 23.7 Å². The zero-order valence-electron chi connectivity index (χ0n) is 13.4. The molecule has 0 bridgehead atoms. The monoisotopic (exact) mass is 369 g/mol. The van der Waals surface area contributed by atoms with Crippen molar-refractivity contribution in [2.75, 3.05) is 11.9 Å². The Morgan fingerprint density at radius 3 is 2.84 bits per heavy atom. The highest BCUT2D eigenvalue weighted by atomic mass is 35.5. The summed E-state index contributed by atoms with van der Waals surface area (Å²) in [5.41, 5.74) is 2.25. The van der Waals surface area contributed by atoms with Crippen molar-refractivity contribution < 1.29 is 0 Å². The van der Waals surface area contributed by atoms with Crippen LogP contribution in [-0.4, -0.2) is 26.1 Å². The number of halogens is 1. The summed E-state index contributed by atoms with van der Waals surface area (Å²) in [5.74, 6) is 0.877. The molecule has 0 fully saturated rings. The first-order valence-electron chi connectivity index (χ1n) is 7.99. The Bertz CT molecular complexity index is 963. The van der Waals surface area contributed by atoms with Crippen LogP contribution in [0.15, 0.2) is 54.7 Å².